The predicted octanol–water partition coefficient (Wildman–Crippen LogP) is 14.2. The standard InChI is InChI=1S/C23H48O2.C23H40O2/c2*1-6-8-10-12-14-16-20-24-22(18-19-23(3,4)5)25-21-17-15-13-11-9-7-2/h22H,6-21H2,1-5H3;22H,6-11,16-21H2,1-5H3. The molecule has 0 aliphatic heterocycles. The smallest absolute Gasteiger partial charge is 0.157 e. The topological polar surface area (TPSA) is 36.9 Å². The SMILES string of the molecule is CCCCC#CCCOC(CCC(C)(C)C)OCCC#CCCCC.CCCCCCCCOC(CCC(C)(C)C)OCCCCCCCC. The highest BCUT2D eigenvalue weighted by Gasteiger charge is 2.17. The van der Waals surface area contributed by atoms with Gasteiger partial charge in [-0.2, -0.15) is 0 Å². The van der Waals surface area contributed by atoms with Crippen LogP contribution in [0.2, 0.25) is 0 Å². The zero-order valence-corrected chi connectivity index (χ0v) is 35.6. The first kappa shape index (κ1) is 51.1. The molecule has 0 heterocycles. The van der Waals surface area contributed by atoms with Gasteiger partial charge in [-0.25, -0.2) is 0 Å². The van der Waals surface area contributed by atoms with Gasteiger partial charge < -0.3 is 18.9 Å². The fraction of sp³-hybridized carbons (Fsp3) is 0.913. The van der Waals surface area contributed by atoms with E-state index in [2.05, 4.69) is 92.9 Å². The largest absolute Gasteiger partial charge is 0.353 e. The van der Waals surface area contributed by atoms with Gasteiger partial charge in [0.25, 0.3) is 0 Å². The Kier molecular flexibility index (Phi) is 38.5. The Balaban J connectivity index is 0. The highest BCUT2D eigenvalue weighted by Crippen LogP contribution is 2.24. The van der Waals surface area contributed by atoms with Crippen LogP contribution in [0, 0.1) is 34.5 Å². The molecule has 0 saturated carbocycles. The van der Waals surface area contributed by atoms with Crippen molar-refractivity contribution in [3.05, 3.63) is 0 Å². The molecular formula is C46H88O4. The lowest BCUT2D eigenvalue weighted by molar-refractivity contribution is -0.150. The summed E-state index contributed by atoms with van der Waals surface area (Å²) in [5.41, 5.74) is 0.649. The van der Waals surface area contributed by atoms with E-state index < -0.39 is 0 Å². The molecule has 0 rings (SSSR count). The maximum atomic E-state index is 6.07. The second-order valence-electron chi connectivity index (χ2n) is 16.5. The predicted molar refractivity (Wildman–Crippen MR) is 219 cm³/mol. The first-order valence-corrected chi connectivity index (χ1v) is 21.4. The lowest BCUT2D eigenvalue weighted by Crippen LogP contribution is -2.21. The van der Waals surface area contributed by atoms with Crippen LogP contribution in [0.15, 0.2) is 0 Å². The Morgan fingerprint density at radius 3 is 1.00 bits per heavy atom. The average molecular weight is 705 g/mol. The zero-order chi connectivity index (χ0) is 37.6. The van der Waals surface area contributed by atoms with Gasteiger partial charge in [-0.1, -0.05) is 146 Å². The van der Waals surface area contributed by atoms with Gasteiger partial charge in [0.1, 0.15) is 0 Å². The van der Waals surface area contributed by atoms with Crippen molar-refractivity contribution in [2.45, 2.75) is 236 Å². The summed E-state index contributed by atoms with van der Waals surface area (Å²) in [6, 6.07) is 0. The molecule has 0 fully saturated rings. The van der Waals surface area contributed by atoms with E-state index in [0.717, 1.165) is 64.6 Å². The van der Waals surface area contributed by atoms with Crippen LogP contribution in [0.3, 0.4) is 0 Å². The zero-order valence-electron chi connectivity index (χ0n) is 35.6. The summed E-state index contributed by atoms with van der Waals surface area (Å²) in [7, 11) is 0. The molecule has 50 heavy (non-hydrogen) atoms. The Hall–Kier alpha value is -1.04. The van der Waals surface area contributed by atoms with Gasteiger partial charge >= 0.3 is 0 Å². The van der Waals surface area contributed by atoms with Crippen molar-refractivity contribution in [2.75, 3.05) is 26.4 Å². The third-order valence-electron chi connectivity index (χ3n) is 8.49. The van der Waals surface area contributed by atoms with Gasteiger partial charge in [-0.15, -0.1) is 23.7 Å². The molecule has 0 atom stereocenters. The van der Waals surface area contributed by atoms with Crippen LogP contribution in [-0.2, 0) is 18.9 Å². The second-order valence-corrected chi connectivity index (χ2v) is 16.5. The first-order chi connectivity index (χ1) is 24.0. The molecule has 4 nitrogen and oxygen atoms in total. The lowest BCUT2D eigenvalue weighted by atomic mass is 9.90. The summed E-state index contributed by atoms with van der Waals surface area (Å²) >= 11 is 0. The van der Waals surface area contributed by atoms with E-state index in [0.29, 0.717) is 24.0 Å². The van der Waals surface area contributed by atoms with Crippen molar-refractivity contribution in [3.63, 3.8) is 0 Å². The molecule has 4 heteroatoms. The van der Waals surface area contributed by atoms with E-state index in [1.165, 1.54) is 103 Å². The molecule has 0 amide bonds. The number of hydrogen-bond donors (Lipinski definition) is 0. The molecule has 0 bridgehead atoms. The Bertz CT molecular complexity index is 750. The van der Waals surface area contributed by atoms with Crippen molar-refractivity contribution in [3.8, 4) is 23.7 Å². The number of ether oxygens (including phenoxy) is 4. The molecule has 0 N–H and O–H groups in total. The summed E-state index contributed by atoms with van der Waals surface area (Å²) < 4.78 is 24.0. The van der Waals surface area contributed by atoms with E-state index in [4.69, 9.17) is 18.9 Å². The third-order valence-corrected chi connectivity index (χ3v) is 8.49. The molecule has 0 unspecified atom stereocenters. The lowest BCUT2D eigenvalue weighted by Gasteiger charge is -2.24. The van der Waals surface area contributed by atoms with Crippen LogP contribution in [-0.4, -0.2) is 39.0 Å². The Morgan fingerprint density at radius 1 is 0.360 bits per heavy atom. The van der Waals surface area contributed by atoms with Crippen LogP contribution in [0.25, 0.3) is 0 Å². The molecular weight excluding hydrogens is 617 g/mol. The van der Waals surface area contributed by atoms with Crippen molar-refractivity contribution >= 4 is 0 Å². The average Bonchev–Trinajstić information content (AvgIpc) is 3.06. The fourth-order valence-corrected chi connectivity index (χ4v) is 5.09. The van der Waals surface area contributed by atoms with Crippen molar-refractivity contribution in [2.24, 2.45) is 10.8 Å². The van der Waals surface area contributed by atoms with Gasteiger partial charge in [-0.3, -0.25) is 0 Å². The van der Waals surface area contributed by atoms with E-state index in [-0.39, 0.29) is 12.6 Å². The van der Waals surface area contributed by atoms with E-state index in [1.807, 2.05) is 0 Å². The number of rotatable bonds is 30. The van der Waals surface area contributed by atoms with Gasteiger partial charge in [0, 0.05) is 38.9 Å². The molecule has 296 valence electrons. The summed E-state index contributed by atoms with van der Waals surface area (Å²) in [6.45, 7) is 25.6. The van der Waals surface area contributed by atoms with Gasteiger partial charge in [0.2, 0.25) is 0 Å². The first-order valence-electron chi connectivity index (χ1n) is 21.4. The van der Waals surface area contributed by atoms with Crippen molar-refractivity contribution < 1.29 is 18.9 Å². The van der Waals surface area contributed by atoms with Crippen molar-refractivity contribution in [1.29, 1.82) is 0 Å². The molecule has 0 aliphatic rings. The summed E-state index contributed by atoms with van der Waals surface area (Å²) in [5, 5.41) is 0. The maximum absolute atomic E-state index is 6.07. The summed E-state index contributed by atoms with van der Waals surface area (Å²) in [5.74, 6) is 12.8. The van der Waals surface area contributed by atoms with E-state index >= 15 is 0 Å². The van der Waals surface area contributed by atoms with Crippen LogP contribution < -0.4 is 0 Å². The number of unbranched alkanes of at least 4 members (excludes halogenated alkanes) is 14. The molecule has 0 radical (unpaired) electrons. The second kappa shape index (κ2) is 37.7. The van der Waals surface area contributed by atoms with Crippen LogP contribution >= 0.6 is 0 Å². The highest BCUT2D eigenvalue weighted by molar-refractivity contribution is 4.99. The van der Waals surface area contributed by atoms with E-state index in [9.17, 15) is 0 Å². The van der Waals surface area contributed by atoms with Crippen LogP contribution in [0.1, 0.15) is 223 Å². The van der Waals surface area contributed by atoms with Gasteiger partial charge in [0.05, 0.1) is 13.2 Å². The Labute approximate surface area is 315 Å². The maximum Gasteiger partial charge on any atom is 0.157 e. The Morgan fingerprint density at radius 2 is 0.660 bits per heavy atom. The van der Waals surface area contributed by atoms with Crippen molar-refractivity contribution in [1.82, 2.24) is 0 Å². The molecule has 0 aliphatic carbocycles. The molecule has 0 aromatic rings. The molecule has 0 aromatic carbocycles. The number of hydrogen-bond acceptors (Lipinski definition) is 4. The molecule has 0 aromatic heterocycles. The molecule has 0 spiro atoms. The summed E-state index contributed by atoms with van der Waals surface area (Å²) in [6.07, 6.45) is 28.2. The van der Waals surface area contributed by atoms with Gasteiger partial charge in [0.15, 0.2) is 12.6 Å². The minimum absolute atomic E-state index is 0.00510. The van der Waals surface area contributed by atoms with Crippen LogP contribution in [0.4, 0.5) is 0 Å². The summed E-state index contributed by atoms with van der Waals surface area (Å²) in [4.78, 5) is 0. The third kappa shape index (κ3) is 45.0. The normalized spacial score (nSPS) is 11.6. The quantitative estimate of drug-likeness (QED) is 0.0424. The van der Waals surface area contributed by atoms with Crippen LogP contribution in [0.5, 0.6) is 0 Å². The van der Waals surface area contributed by atoms with E-state index in [1.54, 1.807) is 0 Å². The monoisotopic (exact) mass is 705 g/mol. The van der Waals surface area contributed by atoms with Gasteiger partial charge in [-0.05, 0) is 62.2 Å². The fourth-order valence-electron chi connectivity index (χ4n) is 5.09. The minimum atomic E-state index is -0.130. The highest BCUT2D eigenvalue weighted by atomic mass is 16.7. The molecule has 0 saturated heterocycles. The minimum Gasteiger partial charge on any atom is -0.353 e.